The molecule has 136 valence electrons. The second kappa shape index (κ2) is 9.31. The lowest BCUT2D eigenvalue weighted by Gasteiger charge is -2.09. The largest absolute Gasteiger partial charge is 0.493 e. The molecule has 1 amide bonds. The summed E-state index contributed by atoms with van der Waals surface area (Å²) in [5.41, 5.74) is 3.95. The van der Waals surface area contributed by atoms with Crippen molar-refractivity contribution < 1.29 is 14.5 Å². The summed E-state index contributed by atoms with van der Waals surface area (Å²) in [6.07, 6.45) is 1.63. The van der Waals surface area contributed by atoms with Gasteiger partial charge in [-0.2, -0.15) is 5.10 Å². The van der Waals surface area contributed by atoms with Crippen molar-refractivity contribution in [1.29, 1.82) is 0 Å². The lowest BCUT2D eigenvalue weighted by molar-refractivity contribution is -0.384. The number of carbonyl (C=O) groups is 1. The average Bonchev–Trinajstić information content (AvgIpc) is 2.61. The summed E-state index contributed by atoms with van der Waals surface area (Å²) in [4.78, 5) is 22.0. The number of hydrogen-bond donors (Lipinski definition) is 1. The van der Waals surface area contributed by atoms with Gasteiger partial charge in [-0.05, 0) is 41.3 Å². The number of non-ortho nitro benzene ring substituents is 1. The summed E-state index contributed by atoms with van der Waals surface area (Å²) in [6, 6.07) is 13.2. The van der Waals surface area contributed by atoms with Crippen LogP contribution in [0.1, 0.15) is 25.0 Å². The highest BCUT2D eigenvalue weighted by atomic mass is 16.6. The number of rotatable bonds is 8. The number of hydrazone groups is 1. The molecule has 2 aromatic carbocycles. The highest BCUT2D eigenvalue weighted by molar-refractivity contribution is 5.83. The molecule has 0 bridgehead atoms. The van der Waals surface area contributed by atoms with Gasteiger partial charge in [-0.25, -0.2) is 5.43 Å². The highest BCUT2D eigenvalue weighted by Gasteiger charge is 2.04. The van der Waals surface area contributed by atoms with E-state index in [9.17, 15) is 14.9 Å². The third-order valence-corrected chi connectivity index (χ3v) is 3.38. The molecule has 0 heterocycles. The molecule has 0 aliphatic rings. The van der Waals surface area contributed by atoms with E-state index in [1.54, 1.807) is 12.1 Å². The first-order chi connectivity index (χ1) is 12.4. The van der Waals surface area contributed by atoms with E-state index in [1.807, 2.05) is 24.3 Å². The van der Waals surface area contributed by atoms with Crippen LogP contribution >= 0.6 is 0 Å². The highest BCUT2D eigenvalue weighted by Crippen LogP contribution is 2.14. The van der Waals surface area contributed by atoms with Crippen LogP contribution < -0.4 is 10.2 Å². The van der Waals surface area contributed by atoms with E-state index in [2.05, 4.69) is 24.4 Å². The third-order valence-electron chi connectivity index (χ3n) is 3.38. The number of nitro benzene ring substituents is 1. The number of nitrogens with zero attached hydrogens (tertiary/aromatic N) is 2. The van der Waals surface area contributed by atoms with E-state index in [0.29, 0.717) is 18.1 Å². The molecule has 0 aromatic heterocycles. The lowest BCUT2D eigenvalue weighted by atomic mass is 10.1. The van der Waals surface area contributed by atoms with Gasteiger partial charge in [-0.3, -0.25) is 14.9 Å². The molecular formula is C19H21N3O4. The van der Waals surface area contributed by atoms with Gasteiger partial charge < -0.3 is 4.74 Å². The number of nitro groups is 1. The monoisotopic (exact) mass is 355 g/mol. The molecule has 0 saturated carbocycles. The first-order valence-electron chi connectivity index (χ1n) is 8.22. The summed E-state index contributed by atoms with van der Waals surface area (Å²) < 4.78 is 5.60. The van der Waals surface area contributed by atoms with Crippen LogP contribution in [-0.4, -0.2) is 23.7 Å². The SMILES string of the molecule is CC(C)COc1ccc(CC(=O)NN=Cc2ccc([N+](=O)[O-])cc2)cc1. The smallest absolute Gasteiger partial charge is 0.269 e. The number of amides is 1. The topological polar surface area (TPSA) is 93.8 Å². The maximum atomic E-state index is 11.9. The Kier molecular flexibility index (Phi) is 6.84. The van der Waals surface area contributed by atoms with Crippen LogP contribution in [0.4, 0.5) is 5.69 Å². The molecule has 0 spiro atoms. The fourth-order valence-corrected chi connectivity index (χ4v) is 2.05. The van der Waals surface area contributed by atoms with Crippen LogP contribution in [0.15, 0.2) is 53.6 Å². The Morgan fingerprint density at radius 3 is 2.42 bits per heavy atom. The molecule has 0 fully saturated rings. The first-order valence-corrected chi connectivity index (χ1v) is 8.22. The number of nitrogens with one attached hydrogen (secondary N) is 1. The molecule has 0 radical (unpaired) electrons. The van der Waals surface area contributed by atoms with Crippen LogP contribution in [0.3, 0.4) is 0 Å². The van der Waals surface area contributed by atoms with Gasteiger partial charge in [-0.1, -0.05) is 26.0 Å². The summed E-state index contributed by atoms with van der Waals surface area (Å²) in [5, 5.41) is 14.4. The van der Waals surface area contributed by atoms with E-state index in [4.69, 9.17) is 4.74 Å². The Morgan fingerprint density at radius 1 is 1.19 bits per heavy atom. The minimum Gasteiger partial charge on any atom is -0.493 e. The van der Waals surface area contributed by atoms with Gasteiger partial charge in [0.15, 0.2) is 0 Å². The molecule has 1 N–H and O–H groups in total. The quantitative estimate of drug-likeness (QED) is 0.446. The van der Waals surface area contributed by atoms with Crippen molar-refractivity contribution in [2.24, 2.45) is 11.0 Å². The molecule has 0 atom stereocenters. The maximum Gasteiger partial charge on any atom is 0.269 e. The molecule has 0 aliphatic carbocycles. The fraction of sp³-hybridized carbons (Fsp3) is 0.263. The standard InChI is InChI=1S/C19H21N3O4/c1-14(2)13-26-18-9-5-15(6-10-18)11-19(23)21-20-12-16-3-7-17(8-4-16)22(24)25/h3-10,12,14H,11,13H2,1-2H3,(H,21,23). The molecule has 7 heteroatoms. The van der Waals surface area contributed by atoms with Crippen molar-refractivity contribution in [1.82, 2.24) is 5.43 Å². The van der Waals surface area contributed by atoms with Crippen molar-refractivity contribution in [3.63, 3.8) is 0 Å². The second-order valence-corrected chi connectivity index (χ2v) is 6.17. The molecule has 0 saturated heterocycles. The Bertz CT molecular complexity index is 768. The Labute approximate surface area is 151 Å². The van der Waals surface area contributed by atoms with Crippen LogP contribution in [0.25, 0.3) is 0 Å². The van der Waals surface area contributed by atoms with E-state index in [1.165, 1.54) is 18.3 Å². The van der Waals surface area contributed by atoms with Crippen molar-refractivity contribution in [3.05, 3.63) is 69.8 Å². The zero-order chi connectivity index (χ0) is 18.9. The van der Waals surface area contributed by atoms with E-state index >= 15 is 0 Å². The van der Waals surface area contributed by atoms with Crippen LogP contribution in [-0.2, 0) is 11.2 Å². The van der Waals surface area contributed by atoms with E-state index in [0.717, 1.165) is 11.3 Å². The van der Waals surface area contributed by atoms with Crippen molar-refractivity contribution in [2.75, 3.05) is 6.61 Å². The van der Waals surface area contributed by atoms with Crippen LogP contribution in [0.2, 0.25) is 0 Å². The first kappa shape index (κ1) is 19.1. The second-order valence-electron chi connectivity index (χ2n) is 6.17. The van der Waals surface area contributed by atoms with Crippen molar-refractivity contribution >= 4 is 17.8 Å². The molecule has 0 aliphatic heterocycles. The summed E-state index contributed by atoms with van der Waals surface area (Å²) in [5.74, 6) is 0.979. The maximum absolute atomic E-state index is 11.9. The summed E-state index contributed by atoms with van der Waals surface area (Å²) in [7, 11) is 0. The predicted molar refractivity (Wildman–Crippen MR) is 99.3 cm³/mol. The molecular weight excluding hydrogens is 334 g/mol. The minimum atomic E-state index is -0.470. The zero-order valence-corrected chi connectivity index (χ0v) is 14.7. The van der Waals surface area contributed by atoms with Crippen molar-refractivity contribution in [3.8, 4) is 5.75 Å². The Morgan fingerprint density at radius 2 is 1.85 bits per heavy atom. The fourth-order valence-electron chi connectivity index (χ4n) is 2.05. The van der Waals surface area contributed by atoms with Gasteiger partial charge in [0.05, 0.1) is 24.2 Å². The molecule has 2 rings (SSSR count). The Balaban J connectivity index is 1.81. The van der Waals surface area contributed by atoms with Crippen LogP contribution in [0, 0.1) is 16.0 Å². The molecule has 26 heavy (non-hydrogen) atoms. The number of benzene rings is 2. The number of hydrogen-bond acceptors (Lipinski definition) is 5. The zero-order valence-electron chi connectivity index (χ0n) is 14.7. The van der Waals surface area contributed by atoms with Gasteiger partial charge in [-0.15, -0.1) is 0 Å². The van der Waals surface area contributed by atoms with Gasteiger partial charge in [0.1, 0.15) is 5.75 Å². The average molecular weight is 355 g/mol. The van der Waals surface area contributed by atoms with Gasteiger partial charge in [0, 0.05) is 12.1 Å². The molecule has 7 nitrogen and oxygen atoms in total. The van der Waals surface area contributed by atoms with Gasteiger partial charge in [0.2, 0.25) is 5.91 Å². The van der Waals surface area contributed by atoms with Gasteiger partial charge >= 0.3 is 0 Å². The summed E-state index contributed by atoms with van der Waals surface area (Å²) in [6.45, 7) is 4.81. The minimum absolute atomic E-state index is 0.00649. The molecule has 0 unspecified atom stereocenters. The van der Waals surface area contributed by atoms with Crippen molar-refractivity contribution in [2.45, 2.75) is 20.3 Å². The molecule has 2 aromatic rings. The van der Waals surface area contributed by atoms with Gasteiger partial charge in [0.25, 0.3) is 5.69 Å². The van der Waals surface area contributed by atoms with E-state index < -0.39 is 4.92 Å². The van der Waals surface area contributed by atoms with Crippen LogP contribution in [0.5, 0.6) is 5.75 Å². The predicted octanol–water partition coefficient (Wildman–Crippen LogP) is 3.32. The number of carbonyl (C=O) groups excluding carboxylic acids is 1. The number of ether oxygens (including phenoxy) is 1. The normalized spacial score (nSPS) is 10.9. The summed E-state index contributed by atoms with van der Waals surface area (Å²) >= 11 is 0. The Hall–Kier alpha value is -3.22. The lowest BCUT2D eigenvalue weighted by Crippen LogP contribution is -2.19. The van der Waals surface area contributed by atoms with E-state index in [-0.39, 0.29) is 18.0 Å². The third kappa shape index (κ3) is 6.35.